The molecule has 3 aromatic heterocycles. The summed E-state index contributed by atoms with van der Waals surface area (Å²) in [5.41, 5.74) is 0.769. The van der Waals surface area contributed by atoms with Crippen molar-refractivity contribution in [2.24, 2.45) is 0 Å². The Balaban J connectivity index is 1.37. The summed E-state index contributed by atoms with van der Waals surface area (Å²) in [7, 11) is 0. The summed E-state index contributed by atoms with van der Waals surface area (Å²) >= 11 is 0. The second-order valence-electron chi connectivity index (χ2n) is 6.44. The first kappa shape index (κ1) is 18.6. The van der Waals surface area contributed by atoms with Gasteiger partial charge in [0.15, 0.2) is 5.76 Å². The number of carbonyl (C=O) groups is 1. The van der Waals surface area contributed by atoms with Crippen LogP contribution in [0.2, 0.25) is 0 Å². The highest BCUT2D eigenvalue weighted by molar-refractivity contribution is 5.92. The summed E-state index contributed by atoms with van der Waals surface area (Å²) in [6.07, 6.45) is 2.37. The van der Waals surface area contributed by atoms with Crippen molar-refractivity contribution in [2.75, 3.05) is 31.1 Å². The monoisotopic (exact) mass is 398 g/mol. The van der Waals surface area contributed by atoms with Crippen molar-refractivity contribution in [3.05, 3.63) is 52.2 Å². The summed E-state index contributed by atoms with van der Waals surface area (Å²) in [6, 6.07) is 6.27. The summed E-state index contributed by atoms with van der Waals surface area (Å²) in [4.78, 5) is 34.9. The zero-order chi connectivity index (χ0) is 20.4. The lowest BCUT2D eigenvalue weighted by atomic mass is 10.2. The van der Waals surface area contributed by atoms with Gasteiger partial charge in [-0.15, -0.1) is 0 Å². The van der Waals surface area contributed by atoms with Gasteiger partial charge in [0.25, 0.3) is 5.91 Å². The lowest BCUT2D eigenvalue weighted by Gasteiger charge is -2.35. The summed E-state index contributed by atoms with van der Waals surface area (Å²) in [5, 5.41) is 14.6. The van der Waals surface area contributed by atoms with E-state index in [4.69, 9.17) is 8.94 Å². The maximum absolute atomic E-state index is 12.5. The standard InChI is InChI=1S/C18H18N6O5/c1-2-15-20-17(21-29-15)12-3-5-14(19-11-12)22-7-9-23(10-8-22)18(25)13-4-6-16(28-13)24(26)27/h3-6,11H,2,7-10H2,1H3. The minimum absolute atomic E-state index is 0.0285. The third-order valence-electron chi connectivity index (χ3n) is 4.65. The molecule has 1 saturated heterocycles. The molecule has 1 aliphatic rings. The Labute approximate surface area is 165 Å². The Morgan fingerprint density at radius 1 is 1.21 bits per heavy atom. The molecule has 3 aromatic rings. The average molecular weight is 398 g/mol. The van der Waals surface area contributed by atoms with E-state index in [-0.39, 0.29) is 11.7 Å². The van der Waals surface area contributed by atoms with Crippen LogP contribution in [0.15, 0.2) is 39.4 Å². The number of nitro groups is 1. The van der Waals surface area contributed by atoms with Gasteiger partial charge in [0.2, 0.25) is 11.7 Å². The molecule has 0 bridgehead atoms. The van der Waals surface area contributed by atoms with Gasteiger partial charge in [0.1, 0.15) is 10.7 Å². The van der Waals surface area contributed by atoms with Crippen LogP contribution in [0.1, 0.15) is 23.4 Å². The van der Waals surface area contributed by atoms with E-state index < -0.39 is 10.8 Å². The fraction of sp³-hybridized carbons (Fsp3) is 0.333. The fourth-order valence-electron chi connectivity index (χ4n) is 3.06. The molecule has 0 unspecified atom stereocenters. The number of piperazine rings is 1. The molecular formula is C18H18N6O5. The van der Waals surface area contributed by atoms with Crippen molar-refractivity contribution in [2.45, 2.75) is 13.3 Å². The molecular weight excluding hydrogens is 380 g/mol. The molecule has 0 atom stereocenters. The van der Waals surface area contributed by atoms with E-state index in [1.54, 1.807) is 11.1 Å². The van der Waals surface area contributed by atoms with E-state index >= 15 is 0 Å². The first-order valence-corrected chi connectivity index (χ1v) is 9.12. The Bertz CT molecular complexity index is 1020. The number of anilines is 1. The van der Waals surface area contributed by atoms with Crippen LogP contribution in [0, 0.1) is 10.1 Å². The van der Waals surface area contributed by atoms with Gasteiger partial charge in [-0.05, 0) is 18.2 Å². The minimum atomic E-state index is -0.665. The number of hydrogen-bond acceptors (Lipinski definition) is 9. The second-order valence-corrected chi connectivity index (χ2v) is 6.44. The van der Waals surface area contributed by atoms with Gasteiger partial charge in [0, 0.05) is 44.4 Å². The quantitative estimate of drug-likeness (QED) is 0.468. The molecule has 1 aliphatic heterocycles. The number of pyridine rings is 1. The highest BCUT2D eigenvalue weighted by atomic mass is 16.6. The van der Waals surface area contributed by atoms with Crippen LogP contribution in [0.5, 0.6) is 0 Å². The molecule has 11 nitrogen and oxygen atoms in total. The zero-order valence-corrected chi connectivity index (χ0v) is 15.6. The van der Waals surface area contributed by atoms with Crippen LogP contribution in [-0.4, -0.2) is 57.0 Å². The molecule has 4 rings (SSSR count). The van der Waals surface area contributed by atoms with Crippen molar-refractivity contribution >= 4 is 17.6 Å². The highest BCUT2D eigenvalue weighted by Gasteiger charge is 2.26. The lowest BCUT2D eigenvalue weighted by Crippen LogP contribution is -2.49. The molecule has 0 spiro atoms. The fourth-order valence-corrected chi connectivity index (χ4v) is 3.06. The normalized spacial score (nSPS) is 14.2. The van der Waals surface area contributed by atoms with Gasteiger partial charge in [-0.2, -0.15) is 4.98 Å². The van der Waals surface area contributed by atoms with Gasteiger partial charge in [-0.1, -0.05) is 12.1 Å². The van der Waals surface area contributed by atoms with Crippen LogP contribution in [-0.2, 0) is 6.42 Å². The maximum Gasteiger partial charge on any atom is 0.433 e. The topological polar surface area (TPSA) is 132 Å². The van der Waals surface area contributed by atoms with Crippen LogP contribution in [0.4, 0.5) is 11.7 Å². The van der Waals surface area contributed by atoms with Crippen molar-refractivity contribution in [3.8, 4) is 11.4 Å². The highest BCUT2D eigenvalue weighted by Crippen LogP contribution is 2.21. The van der Waals surface area contributed by atoms with Crippen molar-refractivity contribution in [1.29, 1.82) is 0 Å². The number of hydrogen-bond donors (Lipinski definition) is 0. The molecule has 1 amide bonds. The summed E-state index contributed by atoms with van der Waals surface area (Å²) in [6.45, 7) is 4.03. The van der Waals surface area contributed by atoms with Crippen LogP contribution < -0.4 is 4.90 Å². The minimum Gasteiger partial charge on any atom is -0.395 e. The molecule has 0 aliphatic carbocycles. The number of nitrogens with zero attached hydrogens (tertiary/aromatic N) is 6. The predicted octanol–water partition coefficient (Wildman–Crippen LogP) is 2.16. The third kappa shape index (κ3) is 3.79. The third-order valence-corrected chi connectivity index (χ3v) is 4.65. The average Bonchev–Trinajstić information content (AvgIpc) is 3.43. The molecule has 0 saturated carbocycles. The number of aromatic nitrogens is 3. The van der Waals surface area contributed by atoms with Crippen LogP contribution in [0.3, 0.4) is 0 Å². The van der Waals surface area contributed by atoms with Crippen molar-refractivity contribution in [1.82, 2.24) is 20.0 Å². The lowest BCUT2D eigenvalue weighted by molar-refractivity contribution is -0.402. The molecule has 1 fully saturated rings. The molecule has 4 heterocycles. The van der Waals surface area contributed by atoms with Gasteiger partial charge in [0.05, 0.1) is 6.07 Å². The molecule has 150 valence electrons. The van der Waals surface area contributed by atoms with Crippen LogP contribution in [0.25, 0.3) is 11.4 Å². The van der Waals surface area contributed by atoms with Gasteiger partial charge < -0.3 is 18.7 Å². The van der Waals surface area contributed by atoms with Crippen molar-refractivity contribution < 1.29 is 18.7 Å². The number of aryl methyl sites for hydroxylation is 1. The summed E-state index contributed by atoms with van der Waals surface area (Å²) in [5.74, 6) is 1.04. The van der Waals surface area contributed by atoms with Crippen molar-refractivity contribution in [3.63, 3.8) is 0 Å². The number of furan rings is 1. The first-order chi connectivity index (χ1) is 14.0. The van der Waals surface area contributed by atoms with Gasteiger partial charge >= 0.3 is 5.88 Å². The number of amides is 1. The summed E-state index contributed by atoms with van der Waals surface area (Å²) < 4.78 is 10.1. The molecule has 0 radical (unpaired) electrons. The molecule has 11 heteroatoms. The van der Waals surface area contributed by atoms with E-state index in [1.807, 2.05) is 19.1 Å². The van der Waals surface area contributed by atoms with E-state index in [1.165, 1.54) is 12.1 Å². The molecule has 0 aromatic carbocycles. The van der Waals surface area contributed by atoms with Gasteiger partial charge in [-0.25, -0.2) is 4.98 Å². The second kappa shape index (κ2) is 7.70. The molecule has 29 heavy (non-hydrogen) atoms. The number of carbonyl (C=O) groups excluding carboxylic acids is 1. The first-order valence-electron chi connectivity index (χ1n) is 9.12. The maximum atomic E-state index is 12.5. The smallest absolute Gasteiger partial charge is 0.395 e. The Kier molecular flexibility index (Phi) is 4.94. The number of rotatable bonds is 5. The SMILES string of the molecule is CCc1nc(-c2ccc(N3CCN(C(=O)c4ccc([N+](=O)[O-])o4)CC3)nc2)no1. The predicted molar refractivity (Wildman–Crippen MR) is 100 cm³/mol. The van der Waals surface area contributed by atoms with E-state index in [2.05, 4.69) is 20.0 Å². The zero-order valence-electron chi connectivity index (χ0n) is 15.6. The molecule has 0 N–H and O–H groups in total. The largest absolute Gasteiger partial charge is 0.433 e. The van der Waals surface area contributed by atoms with Gasteiger partial charge in [-0.3, -0.25) is 14.9 Å². The van der Waals surface area contributed by atoms with E-state index in [0.717, 1.165) is 11.4 Å². The van der Waals surface area contributed by atoms with E-state index in [0.29, 0.717) is 44.3 Å². The van der Waals surface area contributed by atoms with E-state index in [9.17, 15) is 14.9 Å². The van der Waals surface area contributed by atoms with Crippen LogP contribution >= 0.6 is 0 Å². The Hall–Kier alpha value is -3.76. The Morgan fingerprint density at radius 3 is 2.59 bits per heavy atom. The Morgan fingerprint density at radius 2 is 2.00 bits per heavy atom.